The Morgan fingerprint density at radius 2 is 1.87 bits per heavy atom. The standard InChI is InChI=1S/C30H28N6OS/c1-30(2,3)21-9-7-19(8-10-21)29(37)34-22-6-4-5-20(15-22)25-17-36-14-13-31-28(36)27(35-25)33-23-11-12-26-24(16-23)32-18-38-26/h4-17,32H,18H2,1-3H3,(H,33,35)(H,34,37). The van der Waals surface area contributed by atoms with Crippen molar-refractivity contribution in [2.24, 2.45) is 0 Å². The monoisotopic (exact) mass is 520 g/mol. The molecule has 1 amide bonds. The van der Waals surface area contributed by atoms with E-state index in [9.17, 15) is 4.79 Å². The van der Waals surface area contributed by atoms with Gasteiger partial charge >= 0.3 is 0 Å². The van der Waals surface area contributed by atoms with Gasteiger partial charge in [0.15, 0.2) is 11.5 Å². The quantitative estimate of drug-likeness (QED) is 0.228. The van der Waals surface area contributed by atoms with Crippen LogP contribution in [0, 0.1) is 0 Å². The van der Waals surface area contributed by atoms with Gasteiger partial charge in [0, 0.05) is 46.0 Å². The van der Waals surface area contributed by atoms with Crippen LogP contribution in [0.2, 0.25) is 0 Å². The molecule has 5 aromatic rings. The van der Waals surface area contributed by atoms with Gasteiger partial charge in [0.25, 0.3) is 5.91 Å². The zero-order chi connectivity index (χ0) is 26.3. The second-order valence-electron chi connectivity index (χ2n) is 10.3. The summed E-state index contributed by atoms with van der Waals surface area (Å²) >= 11 is 1.79. The first-order valence-corrected chi connectivity index (χ1v) is 13.5. The van der Waals surface area contributed by atoms with Crippen molar-refractivity contribution in [2.75, 3.05) is 21.8 Å². The van der Waals surface area contributed by atoms with Crippen molar-refractivity contribution in [1.82, 2.24) is 14.4 Å². The van der Waals surface area contributed by atoms with Gasteiger partial charge in [-0.05, 0) is 53.4 Å². The molecule has 0 atom stereocenters. The van der Waals surface area contributed by atoms with Gasteiger partial charge in [-0.1, -0.05) is 45.0 Å². The lowest BCUT2D eigenvalue weighted by Gasteiger charge is -2.19. The molecule has 6 rings (SSSR count). The fourth-order valence-corrected chi connectivity index (χ4v) is 5.27. The second-order valence-corrected chi connectivity index (χ2v) is 11.3. The largest absolute Gasteiger partial charge is 0.375 e. The van der Waals surface area contributed by atoms with E-state index in [2.05, 4.69) is 59.9 Å². The molecule has 0 fully saturated rings. The Hall–Kier alpha value is -4.30. The minimum absolute atomic E-state index is 0.0386. The fraction of sp³-hybridized carbons (Fsp3) is 0.167. The van der Waals surface area contributed by atoms with E-state index in [0.717, 1.165) is 34.2 Å². The number of carbonyl (C=O) groups is 1. The van der Waals surface area contributed by atoms with Crippen LogP contribution in [0.3, 0.4) is 0 Å². The molecule has 3 aromatic carbocycles. The van der Waals surface area contributed by atoms with E-state index >= 15 is 0 Å². The highest BCUT2D eigenvalue weighted by atomic mass is 32.2. The Kier molecular flexibility index (Phi) is 6.04. The molecule has 190 valence electrons. The van der Waals surface area contributed by atoms with Crippen LogP contribution in [0.5, 0.6) is 0 Å². The molecule has 0 saturated carbocycles. The third kappa shape index (κ3) is 4.82. The Balaban J connectivity index is 1.27. The number of amides is 1. The molecule has 8 heteroatoms. The highest BCUT2D eigenvalue weighted by molar-refractivity contribution is 7.99. The van der Waals surface area contributed by atoms with Gasteiger partial charge < -0.3 is 20.4 Å². The summed E-state index contributed by atoms with van der Waals surface area (Å²) in [4.78, 5) is 23.6. The number of nitrogens with zero attached hydrogens (tertiary/aromatic N) is 3. The number of thioether (sulfide) groups is 1. The maximum absolute atomic E-state index is 12.9. The van der Waals surface area contributed by atoms with Crippen molar-refractivity contribution in [1.29, 1.82) is 0 Å². The van der Waals surface area contributed by atoms with Gasteiger partial charge in [0.2, 0.25) is 0 Å². The van der Waals surface area contributed by atoms with Gasteiger partial charge in [0.05, 0.1) is 17.3 Å². The minimum atomic E-state index is -0.147. The van der Waals surface area contributed by atoms with E-state index in [4.69, 9.17) is 4.98 Å². The summed E-state index contributed by atoms with van der Waals surface area (Å²) in [5.41, 5.74) is 6.99. The lowest BCUT2D eigenvalue weighted by atomic mass is 9.87. The molecule has 0 aliphatic carbocycles. The highest BCUT2D eigenvalue weighted by Gasteiger charge is 2.16. The molecule has 0 bridgehead atoms. The van der Waals surface area contributed by atoms with Crippen LogP contribution in [0.1, 0.15) is 36.7 Å². The molecule has 0 radical (unpaired) electrons. The molecule has 0 unspecified atom stereocenters. The first-order chi connectivity index (χ1) is 18.3. The summed E-state index contributed by atoms with van der Waals surface area (Å²) in [6.07, 6.45) is 5.61. The number of aromatic nitrogens is 3. The van der Waals surface area contributed by atoms with E-state index in [1.807, 2.05) is 65.3 Å². The van der Waals surface area contributed by atoms with Gasteiger partial charge in [-0.2, -0.15) is 0 Å². The normalized spacial score (nSPS) is 12.7. The molecule has 1 aliphatic heterocycles. The summed E-state index contributed by atoms with van der Waals surface area (Å²) < 4.78 is 1.95. The highest BCUT2D eigenvalue weighted by Crippen LogP contribution is 2.36. The van der Waals surface area contributed by atoms with Crippen LogP contribution < -0.4 is 16.0 Å². The minimum Gasteiger partial charge on any atom is -0.375 e. The summed E-state index contributed by atoms with van der Waals surface area (Å²) in [6.45, 7) is 6.48. The lowest BCUT2D eigenvalue weighted by Crippen LogP contribution is -2.14. The number of carbonyl (C=O) groups excluding carboxylic acids is 1. The smallest absolute Gasteiger partial charge is 0.255 e. The van der Waals surface area contributed by atoms with Crippen molar-refractivity contribution in [3.63, 3.8) is 0 Å². The number of fused-ring (bicyclic) bond motifs is 2. The van der Waals surface area contributed by atoms with E-state index < -0.39 is 0 Å². The number of nitrogens with one attached hydrogen (secondary N) is 3. The molecule has 3 heterocycles. The molecule has 3 N–H and O–H groups in total. The topological polar surface area (TPSA) is 83.4 Å². The molecular formula is C30H28N6OS. The average Bonchev–Trinajstić information content (AvgIpc) is 3.58. The summed E-state index contributed by atoms with van der Waals surface area (Å²) in [5.74, 6) is 1.39. The molecule has 2 aromatic heterocycles. The molecule has 7 nitrogen and oxygen atoms in total. The predicted octanol–water partition coefficient (Wildman–Crippen LogP) is 7.16. The second kappa shape index (κ2) is 9.54. The van der Waals surface area contributed by atoms with E-state index in [0.29, 0.717) is 17.1 Å². The van der Waals surface area contributed by atoms with Gasteiger partial charge in [-0.3, -0.25) is 4.79 Å². The van der Waals surface area contributed by atoms with Crippen molar-refractivity contribution < 1.29 is 4.79 Å². The van der Waals surface area contributed by atoms with Crippen LogP contribution in [-0.2, 0) is 5.41 Å². The van der Waals surface area contributed by atoms with Crippen LogP contribution in [0.4, 0.5) is 22.9 Å². The number of anilines is 4. The zero-order valence-corrected chi connectivity index (χ0v) is 22.3. The van der Waals surface area contributed by atoms with E-state index in [1.54, 1.807) is 18.0 Å². The number of hydrogen-bond donors (Lipinski definition) is 3. The van der Waals surface area contributed by atoms with Gasteiger partial charge in [-0.25, -0.2) is 9.97 Å². The third-order valence-corrected chi connectivity index (χ3v) is 7.49. The maximum atomic E-state index is 12.9. The Morgan fingerprint density at radius 3 is 2.68 bits per heavy atom. The van der Waals surface area contributed by atoms with Crippen molar-refractivity contribution in [3.8, 4) is 11.3 Å². The number of hydrogen-bond acceptors (Lipinski definition) is 6. The van der Waals surface area contributed by atoms with Crippen LogP contribution in [0.15, 0.2) is 90.2 Å². The molecule has 38 heavy (non-hydrogen) atoms. The number of rotatable bonds is 5. The van der Waals surface area contributed by atoms with Crippen molar-refractivity contribution in [2.45, 2.75) is 31.1 Å². The third-order valence-electron chi connectivity index (χ3n) is 6.54. The summed E-state index contributed by atoms with van der Waals surface area (Å²) in [6, 6.07) is 21.8. The van der Waals surface area contributed by atoms with Gasteiger partial charge in [-0.15, -0.1) is 11.8 Å². The Bertz CT molecular complexity index is 1650. The summed E-state index contributed by atoms with van der Waals surface area (Å²) in [5, 5.41) is 9.86. The van der Waals surface area contributed by atoms with E-state index in [-0.39, 0.29) is 11.3 Å². The van der Waals surface area contributed by atoms with E-state index in [1.165, 1.54) is 10.5 Å². The first-order valence-electron chi connectivity index (χ1n) is 12.5. The maximum Gasteiger partial charge on any atom is 0.255 e. The molecule has 1 aliphatic rings. The SMILES string of the molecule is CC(C)(C)c1ccc(C(=O)Nc2cccc(-c3cn4ccnc4c(Nc4ccc5c(c4)NCS5)n3)c2)cc1. The fourth-order valence-electron chi connectivity index (χ4n) is 4.44. The zero-order valence-electron chi connectivity index (χ0n) is 21.4. The van der Waals surface area contributed by atoms with Crippen molar-refractivity contribution >= 4 is 46.2 Å². The van der Waals surface area contributed by atoms with Crippen molar-refractivity contribution in [3.05, 3.63) is 96.4 Å². The molecule has 0 spiro atoms. The predicted molar refractivity (Wildman–Crippen MR) is 156 cm³/mol. The first kappa shape index (κ1) is 24.1. The average molecular weight is 521 g/mol. The van der Waals surface area contributed by atoms with Crippen LogP contribution in [0.25, 0.3) is 16.9 Å². The number of imidazole rings is 1. The lowest BCUT2D eigenvalue weighted by molar-refractivity contribution is 0.102. The van der Waals surface area contributed by atoms with Gasteiger partial charge in [0.1, 0.15) is 0 Å². The van der Waals surface area contributed by atoms with Crippen LogP contribution >= 0.6 is 11.8 Å². The Morgan fingerprint density at radius 1 is 1.03 bits per heavy atom. The Labute approximate surface area is 225 Å². The molecule has 0 saturated heterocycles. The van der Waals surface area contributed by atoms with Crippen LogP contribution in [-0.4, -0.2) is 26.2 Å². The molecular weight excluding hydrogens is 492 g/mol. The number of benzene rings is 3. The summed E-state index contributed by atoms with van der Waals surface area (Å²) in [7, 11) is 0.